The quantitative estimate of drug-likeness (QED) is 0.391. The van der Waals surface area contributed by atoms with Gasteiger partial charge in [-0.2, -0.15) is 0 Å². The highest BCUT2D eigenvalue weighted by Crippen LogP contribution is 2.33. The fraction of sp³-hybridized carbons (Fsp3) is 0.423. The summed E-state index contributed by atoms with van der Waals surface area (Å²) >= 11 is 6.12. The second kappa shape index (κ2) is 10.6. The van der Waals surface area contributed by atoms with E-state index in [4.69, 9.17) is 26.2 Å². The molecule has 2 heterocycles. The first-order valence-electron chi connectivity index (χ1n) is 11.9. The third-order valence-electron chi connectivity index (χ3n) is 5.93. The van der Waals surface area contributed by atoms with E-state index in [1.807, 2.05) is 73.1 Å². The van der Waals surface area contributed by atoms with Gasteiger partial charge in [0.1, 0.15) is 17.5 Å². The summed E-state index contributed by atoms with van der Waals surface area (Å²) in [5, 5.41) is 5.02. The van der Waals surface area contributed by atoms with Gasteiger partial charge in [-0.15, -0.1) is 5.10 Å². The maximum atomic E-state index is 12.5. The standard InChI is InChI=1S/C26H32ClN3O4S/c1-18(2)33-25-8-6-5-7-23(25)30-24(20-9-11-21(27)12-10-20)17-26(28-30)34-22-13-15-29(16-14-22)35(31,32)19(3)4/h5-12,17-19,22H,13-16H2,1-4H3. The third kappa shape index (κ3) is 5.82. The van der Waals surface area contributed by atoms with Crippen LogP contribution in [-0.4, -0.2) is 53.1 Å². The molecule has 0 aliphatic carbocycles. The Kier molecular flexibility index (Phi) is 7.73. The average Bonchev–Trinajstić information content (AvgIpc) is 3.23. The smallest absolute Gasteiger partial charge is 0.234 e. The monoisotopic (exact) mass is 517 g/mol. The van der Waals surface area contributed by atoms with Gasteiger partial charge in [-0.05, 0) is 64.8 Å². The first-order chi connectivity index (χ1) is 16.6. The first kappa shape index (κ1) is 25.5. The molecule has 188 valence electrons. The van der Waals surface area contributed by atoms with Gasteiger partial charge >= 0.3 is 0 Å². The van der Waals surface area contributed by atoms with Gasteiger partial charge in [-0.3, -0.25) is 0 Å². The predicted molar refractivity (Wildman–Crippen MR) is 139 cm³/mol. The fourth-order valence-corrected chi connectivity index (χ4v) is 5.53. The van der Waals surface area contributed by atoms with Crippen molar-refractivity contribution in [2.24, 2.45) is 0 Å². The molecular formula is C26H32ClN3O4S. The molecule has 0 atom stereocenters. The molecule has 35 heavy (non-hydrogen) atoms. The number of nitrogens with zero attached hydrogens (tertiary/aromatic N) is 3. The number of para-hydroxylation sites is 2. The largest absolute Gasteiger partial charge is 0.489 e. The molecule has 2 aromatic carbocycles. The van der Waals surface area contributed by atoms with Gasteiger partial charge in [0.15, 0.2) is 0 Å². The maximum absolute atomic E-state index is 12.5. The number of piperidine rings is 1. The van der Waals surface area contributed by atoms with E-state index in [0.717, 1.165) is 22.7 Å². The molecule has 1 aliphatic rings. The van der Waals surface area contributed by atoms with Crippen molar-refractivity contribution in [2.45, 2.75) is 58.0 Å². The minimum Gasteiger partial charge on any atom is -0.489 e. The molecule has 0 unspecified atom stereocenters. The van der Waals surface area contributed by atoms with Crippen LogP contribution in [0.15, 0.2) is 54.6 Å². The summed E-state index contributed by atoms with van der Waals surface area (Å²) in [6.45, 7) is 8.29. The number of hydrogen-bond acceptors (Lipinski definition) is 5. The van der Waals surface area contributed by atoms with E-state index in [-0.39, 0.29) is 12.2 Å². The normalized spacial score (nSPS) is 15.6. The van der Waals surface area contributed by atoms with Crippen molar-refractivity contribution in [3.63, 3.8) is 0 Å². The van der Waals surface area contributed by atoms with Gasteiger partial charge in [0.2, 0.25) is 15.9 Å². The summed E-state index contributed by atoms with van der Waals surface area (Å²) in [6, 6.07) is 17.3. The zero-order valence-corrected chi connectivity index (χ0v) is 22.1. The van der Waals surface area contributed by atoms with Crippen LogP contribution < -0.4 is 9.47 Å². The number of halogens is 1. The molecule has 0 radical (unpaired) electrons. The molecule has 1 fully saturated rings. The van der Waals surface area contributed by atoms with E-state index in [9.17, 15) is 8.42 Å². The Morgan fingerprint density at radius 3 is 2.29 bits per heavy atom. The van der Waals surface area contributed by atoms with E-state index in [1.54, 1.807) is 18.2 Å². The Balaban J connectivity index is 1.63. The SMILES string of the molecule is CC(C)Oc1ccccc1-n1nc(OC2CCN(S(=O)(=O)C(C)C)CC2)cc1-c1ccc(Cl)cc1. The molecule has 1 saturated heterocycles. The van der Waals surface area contributed by atoms with Crippen molar-refractivity contribution in [1.29, 1.82) is 0 Å². The number of benzene rings is 2. The number of rotatable bonds is 8. The Morgan fingerprint density at radius 2 is 1.66 bits per heavy atom. The van der Waals surface area contributed by atoms with Crippen LogP contribution in [0, 0.1) is 0 Å². The molecule has 0 N–H and O–H groups in total. The molecule has 0 spiro atoms. The molecular weight excluding hydrogens is 486 g/mol. The second-order valence-electron chi connectivity index (χ2n) is 9.23. The van der Waals surface area contributed by atoms with Gasteiger partial charge in [0.05, 0.1) is 17.0 Å². The lowest BCUT2D eigenvalue weighted by molar-refractivity contribution is 0.129. The van der Waals surface area contributed by atoms with Gasteiger partial charge in [-0.1, -0.05) is 35.9 Å². The van der Waals surface area contributed by atoms with E-state index in [0.29, 0.717) is 36.8 Å². The maximum Gasteiger partial charge on any atom is 0.234 e. The molecule has 1 aromatic heterocycles. The molecule has 4 rings (SSSR count). The van der Waals surface area contributed by atoms with Gasteiger partial charge in [-0.25, -0.2) is 17.4 Å². The molecule has 0 bridgehead atoms. The molecule has 1 aliphatic heterocycles. The highest BCUT2D eigenvalue weighted by atomic mass is 35.5. The lowest BCUT2D eigenvalue weighted by Gasteiger charge is -2.32. The van der Waals surface area contributed by atoms with Crippen LogP contribution in [0.4, 0.5) is 0 Å². The zero-order valence-electron chi connectivity index (χ0n) is 20.5. The highest BCUT2D eigenvalue weighted by Gasteiger charge is 2.31. The second-order valence-corrected chi connectivity index (χ2v) is 12.2. The van der Waals surface area contributed by atoms with Crippen molar-refractivity contribution >= 4 is 21.6 Å². The number of ether oxygens (including phenoxy) is 2. The topological polar surface area (TPSA) is 73.7 Å². The number of sulfonamides is 1. The zero-order chi connectivity index (χ0) is 25.2. The summed E-state index contributed by atoms with van der Waals surface area (Å²) in [7, 11) is -3.26. The van der Waals surface area contributed by atoms with Crippen molar-refractivity contribution in [1.82, 2.24) is 14.1 Å². The van der Waals surface area contributed by atoms with Crippen LogP contribution in [0.2, 0.25) is 5.02 Å². The first-order valence-corrected chi connectivity index (χ1v) is 13.8. The van der Waals surface area contributed by atoms with E-state index in [2.05, 4.69) is 0 Å². The van der Waals surface area contributed by atoms with E-state index in [1.165, 1.54) is 0 Å². The van der Waals surface area contributed by atoms with Crippen molar-refractivity contribution in [3.8, 4) is 28.6 Å². The molecule has 0 saturated carbocycles. The fourth-order valence-electron chi connectivity index (χ4n) is 4.09. The summed E-state index contributed by atoms with van der Waals surface area (Å²) in [6.07, 6.45) is 1.12. The van der Waals surface area contributed by atoms with Gasteiger partial charge in [0.25, 0.3) is 0 Å². The molecule has 7 nitrogen and oxygen atoms in total. The predicted octanol–water partition coefficient (Wildman–Crippen LogP) is 5.56. The van der Waals surface area contributed by atoms with E-state index < -0.39 is 15.3 Å². The van der Waals surface area contributed by atoms with Crippen LogP contribution in [0.5, 0.6) is 11.6 Å². The lowest BCUT2D eigenvalue weighted by Crippen LogP contribution is -2.44. The summed E-state index contributed by atoms with van der Waals surface area (Å²) in [5.41, 5.74) is 2.59. The summed E-state index contributed by atoms with van der Waals surface area (Å²) in [5.74, 6) is 1.21. The van der Waals surface area contributed by atoms with Crippen LogP contribution in [0.25, 0.3) is 16.9 Å². The van der Waals surface area contributed by atoms with Crippen LogP contribution >= 0.6 is 11.6 Å². The average molecular weight is 518 g/mol. The number of hydrogen-bond donors (Lipinski definition) is 0. The van der Waals surface area contributed by atoms with Crippen LogP contribution in [-0.2, 0) is 10.0 Å². The lowest BCUT2D eigenvalue weighted by atomic mass is 10.1. The van der Waals surface area contributed by atoms with Gasteiger partial charge < -0.3 is 9.47 Å². The molecule has 0 amide bonds. The Hall–Kier alpha value is -2.55. The van der Waals surface area contributed by atoms with Crippen LogP contribution in [0.3, 0.4) is 0 Å². The molecule has 9 heteroatoms. The summed E-state index contributed by atoms with van der Waals surface area (Å²) in [4.78, 5) is 0. The number of aromatic nitrogens is 2. The minimum absolute atomic E-state index is 0.00807. The van der Waals surface area contributed by atoms with E-state index >= 15 is 0 Å². The van der Waals surface area contributed by atoms with Crippen molar-refractivity contribution in [2.75, 3.05) is 13.1 Å². The molecule has 3 aromatic rings. The third-order valence-corrected chi connectivity index (χ3v) is 8.46. The Labute approximate surface area is 212 Å². The Bertz CT molecular complexity index is 1250. The highest BCUT2D eigenvalue weighted by molar-refractivity contribution is 7.89. The minimum atomic E-state index is -3.26. The van der Waals surface area contributed by atoms with Crippen molar-refractivity contribution < 1.29 is 17.9 Å². The Morgan fingerprint density at radius 1 is 1.00 bits per heavy atom. The van der Waals surface area contributed by atoms with Gasteiger partial charge in [0, 0.05) is 29.7 Å². The van der Waals surface area contributed by atoms with Crippen molar-refractivity contribution in [3.05, 3.63) is 59.6 Å². The summed E-state index contributed by atoms with van der Waals surface area (Å²) < 4.78 is 40.7. The van der Waals surface area contributed by atoms with Crippen LogP contribution in [0.1, 0.15) is 40.5 Å².